The van der Waals surface area contributed by atoms with Crippen molar-refractivity contribution in [1.29, 1.82) is 0 Å². The van der Waals surface area contributed by atoms with Gasteiger partial charge < -0.3 is 5.11 Å². The molecule has 0 amide bonds. The van der Waals surface area contributed by atoms with E-state index in [1.165, 1.54) is 6.07 Å². The third-order valence-electron chi connectivity index (χ3n) is 2.08. The van der Waals surface area contributed by atoms with Gasteiger partial charge in [-0.2, -0.15) is 4.72 Å². The third-order valence-corrected chi connectivity index (χ3v) is 3.65. The van der Waals surface area contributed by atoms with Crippen molar-refractivity contribution in [3.05, 3.63) is 29.6 Å². The number of carboxylic acid groups (broad SMARTS) is 1. The van der Waals surface area contributed by atoms with Gasteiger partial charge in [0.15, 0.2) is 0 Å². The Morgan fingerprint density at radius 2 is 2.06 bits per heavy atom. The van der Waals surface area contributed by atoms with Gasteiger partial charge in [0.1, 0.15) is 16.8 Å². The summed E-state index contributed by atoms with van der Waals surface area (Å²) in [6, 6.07) is 2.28. The number of aryl methyl sites for hydroxylation is 1. The second kappa shape index (κ2) is 4.80. The maximum Gasteiger partial charge on any atom is 0.321 e. The number of rotatable bonds is 4. The van der Waals surface area contributed by atoms with Crippen molar-refractivity contribution in [1.82, 2.24) is 4.72 Å². The van der Waals surface area contributed by atoms with Gasteiger partial charge in [-0.1, -0.05) is 6.07 Å². The first-order valence-corrected chi connectivity index (χ1v) is 6.23. The van der Waals surface area contributed by atoms with Crippen LogP contribution >= 0.6 is 0 Å². The lowest BCUT2D eigenvalue weighted by molar-refractivity contribution is -0.138. The highest BCUT2D eigenvalue weighted by atomic mass is 32.2. The number of nitrogens with one attached hydrogen (secondary N) is 1. The highest BCUT2D eigenvalue weighted by Crippen LogP contribution is 2.15. The van der Waals surface area contributed by atoms with Crippen molar-refractivity contribution in [3.63, 3.8) is 0 Å². The fraction of sp³-hybridized carbons (Fsp3) is 0.300. The zero-order valence-corrected chi connectivity index (χ0v) is 10.1. The standard InChI is InChI=1S/C10H12FNO4S/c1-6-3-4-9(8(11)5-6)17(15,16)12-7(2)10(13)14/h3-5,7,12H,1-2H3,(H,13,14)/t7-/m1/s1. The van der Waals surface area contributed by atoms with Gasteiger partial charge in [-0.25, -0.2) is 12.8 Å². The smallest absolute Gasteiger partial charge is 0.321 e. The van der Waals surface area contributed by atoms with Crippen molar-refractivity contribution >= 4 is 16.0 Å². The van der Waals surface area contributed by atoms with E-state index in [-0.39, 0.29) is 0 Å². The van der Waals surface area contributed by atoms with Crippen LogP contribution < -0.4 is 4.72 Å². The molecule has 0 bridgehead atoms. The average Bonchev–Trinajstić information content (AvgIpc) is 2.15. The SMILES string of the molecule is Cc1ccc(S(=O)(=O)N[C@H](C)C(=O)O)c(F)c1. The summed E-state index contributed by atoms with van der Waals surface area (Å²) in [6.07, 6.45) is 0. The first kappa shape index (κ1) is 13.6. The van der Waals surface area contributed by atoms with Gasteiger partial charge in [0.05, 0.1) is 0 Å². The zero-order chi connectivity index (χ0) is 13.2. The van der Waals surface area contributed by atoms with Gasteiger partial charge in [0, 0.05) is 0 Å². The van der Waals surface area contributed by atoms with Crippen molar-refractivity contribution < 1.29 is 22.7 Å². The lowest BCUT2D eigenvalue weighted by Gasteiger charge is -2.11. The van der Waals surface area contributed by atoms with E-state index in [0.29, 0.717) is 5.56 Å². The molecule has 1 aromatic carbocycles. The maximum atomic E-state index is 13.4. The van der Waals surface area contributed by atoms with E-state index in [1.54, 1.807) is 6.92 Å². The van der Waals surface area contributed by atoms with Crippen LogP contribution in [0.3, 0.4) is 0 Å². The Morgan fingerprint density at radius 3 is 2.53 bits per heavy atom. The maximum absolute atomic E-state index is 13.4. The largest absolute Gasteiger partial charge is 0.480 e. The van der Waals surface area contributed by atoms with E-state index >= 15 is 0 Å². The molecule has 0 aliphatic carbocycles. The lowest BCUT2D eigenvalue weighted by Crippen LogP contribution is -2.38. The van der Waals surface area contributed by atoms with Gasteiger partial charge in [0.25, 0.3) is 0 Å². The highest BCUT2D eigenvalue weighted by molar-refractivity contribution is 7.89. The monoisotopic (exact) mass is 261 g/mol. The van der Waals surface area contributed by atoms with Crippen molar-refractivity contribution in [2.24, 2.45) is 0 Å². The molecule has 0 aliphatic rings. The molecule has 94 valence electrons. The predicted octanol–water partition coefficient (Wildman–Crippen LogP) is 0.886. The molecule has 0 saturated heterocycles. The Labute approximate surface area is 98.3 Å². The van der Waals surface area contributed by atoms with Crippen molar-refractivity contribution in [2.45, 2.75) is 24.8 Å². The Hall–Kier alpha value is -1.47. The van der Waals surface area contributed by atoms with Crippen LogP contribution in [0.2, 0.25) is 0 Å². The Balaban J connectivity index is 3.10. The second-order valence-corrected chi connectivity index (χ2v) is 5.30. The highest BCUT2D eigenvalue weighted by Gasteiger charge is 2.24. The number of hydrogen-bond acceptors (Lipinski definition) is 3. The Morgan fingerprint density at radius 1 is 1.47 bits per heavy atom. The average molecular weight is 261 g/mol. The molecule has 1 atom stereocenters. The molecule has 1 aromatic rings. The van der Waals surface area contributed by atoms with E-state index in [0.717, 1.165) is 19.1 Å². The summed E-state index contributed by atoms with van der Waals surface area (Å²) < 4.78 is 38.6. The summed E-state index contributed by atoms with van der Waals surface area (Å²) in [5.41, 5.74) is 0.577. The molecule has 7 heteroatoms. The molecule has 0 spiro atoms. The normalized spacial score (nSPS) is 13.4. The van der Waals surface area contributed by atoms with Crippen LogP contribution in [0.1, 0.15) is 12.5 Å². The third kappa shape index (κ3) is 3.24. The zero-order valence-electron chi connectivity index (χ0n) is 9.27. The summed E-state index contributed by atoms with van der Waals surface area (Å²) in [6.45, 7) is 2.78. The Kier molecular flexibility index (Phi) is 3.84. The number of halogens is 1. The summed E-state index contributed by atoms with van der Waals surface area (Å²) in [4.78, 5) is 9.97. The molecule has 0 aromatic heterocycles. The van der Waals surface area contributed by atoms with Crippen LogP contribution in [-0.4, -0.2) is 25.5 Å². The molecule has 0 radical (unpaired) electrons. The van der Waals surface area contributed by atoms with Crippen LogP contribution in [0.4, 0.5) is 4.39 Å². The molecular weight excluding hydrogens is 249 g/mol. The molecule has 5 nitrogen and oxygen atoms in total. The molecular formula is C10H12FNO4S. The first-order chi connectivity index (χ1) is 7.74. The van der Waals surface area contributed by atoms with E-state index in [1.807, 2.05) is 4.72 Å². The summed E-state index contributed by atoms with van der Waals surface area (Å²) in [5.74, 6) is -2.24. The minimum atomic E-state index is -4.16. The number of carbonyl (C=O) groups is 1. The molecule has 17 heavy (non-hydrogen) atoms. The van der Waals surface area contributed by atoms with Gasteiger partial charge in [-0.3, -0.25) is 4.79 Å². The van der Waals surface area contributed by atoms with Crippen LogP contribution in [0.25, 0.3) is 0 Å². The van der Waals surface area contributed by atoms with Gasteiger partial charge in [-0.15, -0.1) is 0 Å². The number of aliphatic carboxylic acids is 1. The summed E-state index contributed by atoms with van der Waals surface area (Å²) >= 11 is 0. The van der Waals surface area contributed by atoms with E-state index in [4.69, 9.17) is 5.11 Å². The van der Waals surface area contributed by atoms with Crippen LogP contribution in [0, 0.1) is 12.7 Å². The van der Waals surface area contributed by atoms with E-state index in [2.05, 4.69) is 0 Å². The Bertz CT molecular complexity index is 541. The van der Waals surface area contributed by atoms with Gasteiger partial charge in [-0.05, 0) is 31.5 Å². The van der Waals surface area contributed by atoms with Crippen molar-refractivity contribution in [2.75, 3.05) is 0 Å². The van der Waals surface area contributed by atoms with E-state index in [9.17, 15) is 17.6 Å². The van der Waals surface area contributed by atoms with Crippen LogP contribution in [0.15, 0.2) is 23.1 Å². The fourth-order valence-electron chi connectivity index (χ4n) is 1.17. The molecule has 0 fully saturated rings. The quantitative estimate of drug-likeness (QED) is 0.843. The summed E-state index contributed by atoms with van der Waals surface area (Å²) in [7, 11) is -4.16. The van der Waals surface area contributed by atoms with E-state index < -0.39 is 32.7 Å². The van der Waals surface area contributed by atoms with Gasteiger partial charge in [0.2, 0.25) is 10.0 Å². The number of sulfonamides is 1. The molecule has 2 N–H and O–H groups in total. The number of carboxylic acids is 1. The molecule has 0 heterocycles. The first-order valence-electron chi connectivity index (χ1n) is 4.75. The topological polar surface area (TPSA) is 83.5 Å². The lowest BCUT2D eigenvalue weighted by atomic mass is 10.2. The predicted molar refractivity (Wildman–Crippen MR) is 58.6 cm³/mol. The number of benzene rings is 1. The summed E-state index contributed by atoms with van der Waals surface area (Å²) in [5, 5.41) is 8.58. The van der Waals surface area contributed by atoms with Crippen LogP contribution in [-0.2, 0) is 14.8 Å². The van der Waals surface area contributed by atoms with Crippen LogP contribution in [0.5, 0.6) is 0 Å². The molecule has 1 rings (SSSR count). The molecule has 0 aliphatic heterocycles. The second-order valence-electron chi connectivity index (χ2n) is 3.62. The minimum absolute atomic E-state index is 0.559. The van der Waals surface area contributed by atoms with Crippen molar-refractivity contribution in [3.8, 4) is 0 Å². The molecule has 0 unspecified atom stereocenters. The van der Waals surface area contributed by atoms with Gasteiger partial charge >= 0.3 is 5.97 Å². The number of hydrogen-bond donors (Lipinski definition) is 2. The molecule has 0 saturated carbocycles. The fourth-order valence-corrected chi connectivity index (χ4v) is 2.43. The minimum Gasteiger partial charge on any atom is -0.480 e.